The number of hydrogen-bond donors (Lipinski definition) is 2. The van der Waals surface area contributed by atoms with Crippen molar-refractivity contribution < 1.29 is 14.3 Å². The molecule has 0 fully saturated rings. The molecule has 0 aliphatic carbocycles. The molecule has 20 heavy (non-hydrogen) atoms. The van der Waals surface area contributed by atoms with Crippen molar-refractivity contribution >= 4 is 17.5 Å². The first kappa shape index (κ1) is 16.0. The monoisotopic (exact) mass is 278 g/mol. The molecule has 0 radical (unpaired) electrons. The lowest BCUT2D eigenvalue weighted by molar-refractivity contribution is -0.136. The molecule has 1 rings (SSSR count). The van der Waals surface area contributed by atoms with Crippen LogP contribution in [0.5, 0.6) is 5.75 Å². The van der Waals surface area contributed by atoms with Crippen LogP contribution in [0.3, 0.4) is 0 Å². The van der Waals surface area contributed by atoms with Crippen LogP contribution < -0.4 is 15.4 Å². The average Bonchev–Trinajstić information content (AvgIpc) is 2.45. The van der Waals surface area contributed by atoms with E-state index < -0.39 is 11.8 Å². The second-order valence-corrected chi connectivity index (χ2v) is 4.37. The zero-order chi connectivity index (χ0) is 14.8. The molecule has 0 heterocycles. The Hall–Kier alpha value is -2.04. The Balaban J connectivity index is 2.38. The fraction of sp³-hybridized carbons (Fsp3) is 0.467. The Labute approximate surface area is 119 Å². The van der Waals surface area contributed by atoms with E-state index in [1.807, 2.05) is 6.92 Å². The molecule has 5 nitrogen and oxygen atoms in total. The predicted octanol–water partition coefficient (Wildman–Crippen LogP) is 2.33. The summed E-state index contributed by atoms with van der Waals surface area (Å²) in [6.07, 6.45) is 3.01. The van der Waals surface area contributed by atoms with Crippen molar-refractivity contribution in [3.05, 3.63) is 24.3 Å². The fourth-order valence-electron chi connectivity index (χ4n) is 1.65. The lowest BCUT2D eigenvalue weighted by Gasteiger charge is -2.07. The number of rotatable bonds is 7. The van der Waals surface area contributed by atoms with Crippen molar-refractivity contribution in [3.8, 4) is 5.75 Å². The lowest BCUT2D eigenvalue weighted by Crippen LogP contribution is -2.35. The average molecular weight is 278 g/mol. The van der Waals surface area contributed by atoms with Gasteiger partial charge in [0.15, 0.2) is 0 Å². The fourth-order valence-corrected chi connectivity index (χ4v) is 1.65. The van der Waals surface area contributed by atoms with Gasteiger partial charge in [0.25, 0.3) is 0 Å². The molecule has 0 unspecified atom stereocenters. The molecule has 1 aromatic carbocycles. The number of ether oxygens (including phenoxy) is 1. The standard InChI is InChI=1S/C15H22N2O3/c1-3-5-6-11-16-14(18)15(19)17-12-7-9-13(10-8-12)20-4-2/h7-10H,3-6,11H2,1-2H3,(H,16,18)(H,17,19). The van der Waals surface area contributed by atoms with Gasteiger partial charge in [-0.2, -0.15) is 0 Å². The minimum absolute atomic E-state index is 0.531. The van der Waals surface area contributed by atoms with Crippen LogP contribution in [0.4, 0.5) is 5.69 Å². The highest BCUT2D eigenvalue weighted by molar-refractivity contribution is 6.39. The summed E-state index contributed by atoms with van der Waals surface area (Å²) < 4.78 is 5.30. The van der Waals surface area contributed by atoms with Crippen molar-refractivity contribution in [2.75, 3.05) is 18.5 Å². The van der Waals surface area contributed by atoms with Gasteiger partial charge in [-0.25, -0.2) is 0 Å². The molecule has 2 N–H and O–H groups in total. The van der Waals surface area contributed by atoms with E-state index in [1.165, 1.54) is 0 Å². The number of carbonyl (C=O) groups excluding carboxylic acids is 2. The van der Waals surface area contributed by atoms with Gasteiger partial charge in [-0.3, -0.25) is 9.59 Å². The summed E-state index contributed by atoms with van der Waals surface area (Å²) in [5, 5.41) is 5.14. The van der Waals surface area contributed by atoms with E-state index in [0.717, 1.165) is 25.0 Å². The maximum atomic E-state index is 11.6. The van der Waals surface area contributed by atoms with Gasteiger partial charge in [-0.1, -0.05) is 19.8 Å². The lowest BCUT2D eigenvalue weighted by atomic mass is 10.2. The summed E-state index contributed by atoms with van der Waals surface area (Å²) in [5.41, 5.74) is 0.571. The van der Waals surface area contributed by atoms with Gasteiger partial charge < -0.3 is 15.4 Å². The maximum absolute atomic E-state index is 11.6. The summed E-state index contributed by atoms with van der Waals surface area (Å²) >= 11 is 0. The summed E-state index contributed by atoms with van der Waals surface area (Å²) in [4.78, 5) is 23.2. The smallest absolute Gasteiger partial charge is 0.313 e. The van der Waals surface area contributed by atoms with E-state index in [4.69, 9.17) is 4.74 Å². The van der Waals surface area contributed by atoms with Gasteiger partial charge >= 0.3 is 11.8 Å². The predicted molar refractivity (Wildman–Crippen MR) is 78.8 cm³/mol. The van der Waals surface area contributed by atoms with Gasteiger partial charge in [-0.05, 0) is 37.6 Å². The molecule has 0 bridgehead atoms. The number of amides is 2. The summed E-state index contributed by atoms with van der Waals surface area (Å²) in [5.74, 6) is -0.518. The van der Waals surface area contributed by atoms with Gasteiger partial charge in [-0.15, -0.1) is 0 Å². The second kappa shape index (κ2) is 8.96. The topological polar surface area (TPSA) is 67.4 Å². The quantitative estimate of drug-likeness (QED) is 0.594. The summed E-state index contributed by atoms with van der Waals surface area (Å²) in [7, 11) is 0. The number of benzene rings is 1. The van der Waals surface area contributed by atoms with E-state index in [-0.39, 0.29) is 0 Å². The van der Waals surface area contributed by atoms with Crippen LogP contribution in [0.2, 0.25) is 0 Å². The molecule has 0 saturated heterocycles. The van der Waals surface area contributed by atoms with E-state index >= 15 is 0 Å². The van der Waals surface area contributed by atoms with Crippen molar-refractivity contribution in [2.45, 2.75) is 33.1 Å². The summed E-state index contributed by atoms with van der Waals surface area (Å²) in [6, 6.07) is 6.90. The van der Waals surface area contributed by atoms with Crippen LogP contribution in [-0.4, -0.2) is 25.0 Å². The Morgan fingerprint density at radius 1 is 1.05 bits per heavy atom. The first-order valence-electron chi connectivity index (χ1n) is 6.99. The third-order valence-electron chi connectivity index (χ3n) is 2.70. The van der Waals surface area contributed by atoms with Crippen molar-refractivity contribution in [3.63, 3.8) is 0 Å². The van der Waals surface area contributed by atoms with E-state index in [1.54, 1.807) is 24.3 Å². The second-order valence-electron chi connectivity index (χ2n) is 4.37. The van der Waals surface area contributed by atoms with Gasteiger partial charge in [0.1, 0.15) is 5.75 Å². The summed E-state index contributed by atoms with van der Waals surface area (Å²) in [6.45, 7) is 5.11. The molecular formula is C15H22N2O3. The van der Waals surface area contributed by atoms with Crippen LogP contribution in [0.25, 0.3) is 0 Å². The zero-order valence-corrected chi connectivity index (χ0v) is 12.1. The van der Waals surface area contributed by atoms with Crippen LogP contribution in [0.1, 0.15) is 33.1 Å². The third kappa shape index (κ3) is 5.73. The molecule has 0 saturated carbocycles. The Morgan fingerprint density at radius 2 is 1.75 bits per heavy atom. The van der Waals surface area contributed by atoms with Crippen molar-refractivity contribution in [1.29, 1.82) is 0 Å². The number of hydrogen-bond acceptors (Lipinski definition) is 3. The number of anilines is 1. The Bertz CT molecular complexity index is 429. The van der Waals surface area contributed by atoms with Crippen LogP contribution >= 0.6 is 0 Å². The minimum atomic E-state index is -0.648. The number of carbonyl (C=O) groups is 2. The highest BCUT2D eigenvalue weighted by atomic mass is 16.5. The molecule has 5 heteroatoms. The van der Waals surface area contributed by atoms with Crippen LogP contribution in [-0.2, 0) is 9.59 Å². The van der Waals surface area contributed by atoms with Gasteiger partial charge in [0.05, 0.1) is 6.61 Å². The molecule has 0 atom stereocenters. The molecule has 0 aromatic heterocycles. The minimum Gasteiger partial charge on any atom is -0.494 e. The molecule has 2 amide bonds. The van der Waals surface area contributed by atoms with Crippen LogP contribution in [0, 0.1) is 0 Å². The number of nitrogens with one attached hydrogen (secondary N) is 2. The van der Waals surface area contributed by atoms with E-state index in [2.05, 4.69) is 17.6 Å². The Morgan fingerprint density at radius 3 is 2.35 bits per heavy atom. The first-order chi connectivity index (χ1) is 9.67. The van der Waals surface area contributed by atoms with Crippen molar-refractivity contribution in [1.82, 2.24) is 5.32 Å². The van der Waals surface area contributed by atoms with Gasteiger partial charge in [0, 0.05) is 12.2 Å². The highest BCUT2D eigenvalue weighted by Crippen LogP contribution is 2.15. The Kier molecular flexibility index (Phi) is 7.17. The van der Waals surface area contributed by atoms with Crippen LogP contribution in [0.15, 0.2) is 24.3 Å². The molecule has 0 aliphatic heterocycles. The highest BCUT2D eigenvalue weighted by Gasteiger charge is 2.12. The first-order valence-corrected chi connectivity index (χ1v) is 6.99. The normalized spacial score (nSPS) is 9.90. The molecule has 0 aliphatic rings. The molecule has 1 aromatic rings. The number of unbranched alkanes of at least 4 members (excludes halogenated alkanes) is 2. The van der Waals surface area contributed by atoms with Crippen molar-refractivity contribution in [2.24, 2.45) is 0 Å². The SMILES string of the molecule is CCCCCNC(=O)C(=O)Nc1ccc(OCC)cc1. The third-order valence-corrected chi connectivity index (χ3v) is 2.70. The van der Waals surface area contributed by atoms with Gasteiger partial charge in [0.2, 0.25) is 0 Å². The molecular weight excluding hydrogens is 256 g/mol. The maximum Gasteiger partial charge on any atom is 0.313 e. The van der Waals surface area contributed by atoms with E-state index in [9.17, 15) is 9.59 Å². The molecule has 110 valence electrons. The zero-order valence-electron chi connectivity index (χ0n) is 12.1. The largest absolute Gasteiger partial charge is 0.494 e. The van der Waals surface area contributed by atoms with E-state index in [0.29, 0.717) is 18.8 Å². The molecule has 0 spiro atoms.